The van der Waals surface area contributed by atoms with Crippen LogP contribution in [0.25, 0.3) is 0 Å². The maximum atomic E-state index is 12.4. The largest absolute Gasteiger partial charge is 0.298 e. The van der Waals surface area contributed by atoms with E-state index >= 15 is 0 Å². The fraction of sp³-hybridized carbons (Fsp3) is 0.500. The Morgan fingerprint density at radius 1 is 1.22 bits per heavy atom. The van der Waals surface area contributed by atoms with Crippen molar-refractivity contribution in [1.82, 2.24) is 0 Å². The number of ketones is 2. The van der Waals surface area contributed by atoms with Crippen LogP contribution >= 0.6 is 0 Å². The molecule has 1 aromatic carbocycles. The molecule has 0 radical (unpaired) electrons. The Hall–Kier alpha value is -1.44. The molecular formula is C16H20O2. The van der Waals surface area contributed by atoms with Gasteiger partial charge in [-0.2, -0.15) is 0 Å². The van der Waals surface area contributed by atoms with E-state index < -0.39 is 5.92 Å². The third kappa shape index (κ3) is 2.38. The number of benzene rings is 1. The van der Waals surface area contributed by atoms with E-state index in [1.165, 1.54) is 0 Å². The van der Waals surface area contributed by atoms with Crippen molar-refractivity contribution in [3.63, 3.8) is 0 Å². The first-order valence-corrected chi connectivity index (χ1v) is 6.57. The Kier molecular flexibility index (Phi) is 3.38. The SMILES string of the molecule is Cc1ccc(C(=O)C2CCCC(C)(C)C2=O)cc1. The van der Waals surface area contributed by atoms with Gasteiger partial charge < -0.3 is 0 Å². The molecule has 1 aliphatic carbocycles. The first-order valence-electron chi connectivity index (χ1n) is 6.57. The summed E-state index contributed by atoms with van der Waals surface area (Å²) in [5.41, 5.74) is 1.45. The molecule has 1 aromatic rings. The van der Waals surface area contributed by atoms with Gasteiger partial charge in [-0.05, 0) is 19.8 Å². The number of hydrogen-bond donors (Lipinski definition) is 0. The van der Waals surface area contributed by atoms with Gasteiger partial charge in [0.15, 0.2) is 5.78 Å². The van der Waals surface area contributed by atoms with Gasteiger partial charge in [0.1, 0.15) is 5.78 Å². The van der Waals surface area contributed by atoms with Gasteiger partial charge in [0.2, 0.25) is 0 Å². The second kappa shape index (κ2) is 4.68. The highest BCUT2D eigenvalue weighted by atomic mass is 16.2. The van der Waals surface area contributed by atoms with Crippen molar-refractivity contribution in [2.24, 2.45) is 11.3 Å². The smallest absolute Gasteiger partial charge is 0.173 e. The molecule has 0 N–H and O–H groups in total. The molecule has 96 valence electrons. The highest BCUT2D eigenvalue weighted by Gasteiger charge is 2.40. The monoisotopic (exact) mass is 244 g/mol. The van der Waals surface area contributed by atoms with Gasteiger partial charge in [-0.25, -0.2) is 0 Å². The standard InChI is InChI=1S/C16H20O2/c1-11-6-8-12(9-7-11)14(17)13-5-4-10-16(2,3)15(13)18/h6-9,13H,4-5,10H2,1-3H3. The van der Waals surface area contributed by atoms with E-state index in [4.69, 9.17) is 0 Å². The van der Waals surface area contributed by atoms with Crippen molar-refractivity contribution >= 4 is 11.6 Å². The normalized spacial score (nSPS) is 22.8. The van der Waals surface area contributed by atoms with E-state index in [0.717, 1.165) is 18.4 Å². The number of hydrogen-bond acceptors (Lipinski definition) is 2. The summed E-state index contributed by atoms with van der Waals surface area (Å²) in [6.45, 7) is 5.89. The molecule has 1 aliphatic rings. The minimum absolute atomic E-state index is 0.00669. The molecule has 0 bridgehead atoms. The summed E-state index contributed by atoms with van der Waals surface area (Å²) in [4.78, 5) is 24.7. The Morgan fingerprint density at radius 2 is 1.83 bits per heavy atom. The Morgan fingerprint density at radius 3 is 2.44 bits per heavy atom. The molecule has 1 fully saturated rings. The van der Waals surface area contributed by atoms with Crippen LogP contribution in [0.3, 0.4) is 0 Å². The number of rotatable bonds is 2. The first-order chi connectivity index (χ1) is 8.42. The lowest BCUT2D eigenvalue weighted by Gasteiger charge is -2.32. The van der Waals surface area contributed by atoms with Crippen LogP contribution in [0.5, 0.6) is 0 Å². The average Bonchev–Trinajstić information content (AvgIpc) is 2.33. The van der Waals surface area contributed by atoms with Gasteiger partial charge in [-0.15, -0.1) is 0 Å². The molecule has 18 heavy (non-hydrogen) atoms. The molecule has 2 rings (SSSR count). The number of aryl methyl sites for hydroxylation is 1. The van der Waals surface area contributed by atoms with Crippen molar-refractivity contribution in [1.29, 1.82) is 0 Å². The second-order valence-corrected chi connectivity index (χ2v) is 5.92. The Bertz CT molecular complexity index is 468. The molecule has 0 heterocycles. The van der Waals surface area contributed by atoms with Crippen molar-refractivity contribution in [3.05, 3.63) is 35.4 Å². The fourth-order valence-corrected chi connectivity index (χ4v) is 2.64. The van der Waals surface area contributed by atoms with Crippen LogP contribution in [0.15, 0.2) is 24.3 Å². The second-order valence-electron chi connectivity index (χ2n) is 5.92. The number of Topliss-reactive ketones (excluding diaryl/α,β-unsaturated/α-hetero) is 2. The summed E-state index contributed by atoms with van der Waals surface area (Å²) in [6.07, 6.45) is 2.56. The fourth-order valence-electron chi connectivity index (χ4n) is 2.64. The summed E-state index contributed by atoms with van der Waals surface area (Å²) >= 11 is 0. The third-order valence-corrected chi connectivity index (χ3v) is 3.93. The summed E-state index contributed by atoms with van der Waals surface area (Å²) in [7, 11) is 0. The van der Waals surface area contributed by atoms with Crippen LogP contribution < -0.4 is 0 Å². The average molecular weight is 244 g/mol. The molecule has 0 aliphatic heterocycles. The summed E-state index contributed by atoms with van der Waals surface area (Å²) < 4.78 is 0. The molecule has 1 unspecified atom stereocenters. The molecule has 2 nitrogen and oxygen atoms in total. The molecule has 0 aromatic heterocycles. The van der Waals surface area contributed by atoms with E-state index in [1.54, 1.807) is 0 Å². The van der Waals surface area contributed by atoms with E-state index in [2.05, 4.69) is 0 Å². The molecular weight excluding hydrogens is 224 g/mol. The van der Waals surface area contributed by atoms with Gasteiger partial charge in [-0.3, -0.25) is 9.59 Å². The predicted molar refractivity (Wildman–Crippen MR) is 71.6 cm³/mol. The molecule has 0 amide bonds. The highest BCUT2D eigenvalue weighted by molar-refractivity contribution is 6.12. The number of carbonyl (C=O) groups excluding carboxylic acids is 2. The van der Waals surface area contributed by atoms with Gasteiger partial charge >= 0.3 is 0 Å². The van der Waals surface area contributed by atoms with Crippen LogP contribution in [0.2, 0.25) is 0 Å². The maximum Gasteiger partial charge on any atom is 0.173 e. The van der Waals surface area contributed by atoms with Crippen molar-refractivity contribution in [2.75, 3.05) is 0 Å². The minimum atomic E-state index is -0.434. The Balaban J connectivity index is 2.23. The zero-order valence-corrected chi connectivity index (χ0v) is 11.3. The van der Waals surface area contributed by atoms with Crippen LogP contribution in [0.4, 0.5) is 0 Å². The minimum Gasteiger partial charge on any atom is -0.298 e. The lowest BCUT2D eigenvalue weighted by Crippen LogP contribution is -2.39. The van der Waals surface area contributed by atoms with Gasteiger partial charge in [-0.1, -0.05) is 50.1 Å². The van der Waals surface area contributed by atoms with Crippen molar-refractivity contribution < 1.29 is 9.59 Å². The lowest BCUT2D eigenvalue weighted by atomic mass is 9.69. The van der Waals surface area contributed by atoms with Crippen molar-refractivity contribution in [3.8, 4) is 0 Å². The van der Waals surface area contributed by atoms with E-state index in [0.29, 0.717) is 12.0 Å². The van der Waals surface area contributed by atoms with Gasteiger partial charge in [0, 0.05) is 11.0 Å². The van der Waals surface area contributed by atoms with Crippen LogP contribution in [0.1, 0.15) is 49.0 Å². The maximum absolute atomic E-state index is 12.4. The molecule has 1 saturated carbocycles. The van der Waals surface area contributed by atoms with E-state index in [9.17, 15) is 9.59 Å². The van der Waals surface area contributed by atoms with Crippen LogP contribution in [-0.2, 0) is 4.79 Å². The summed E-state index contributed by atoms with van der Waals surface area (Å²) in [5.74, 6) is -0.330. The number of carbonyl (C=O) groups is 2. The summed E-state index contributed by atoms with van der Waals surface area (Å²) in [5, 5.41) is 0. The van der Waals surface area contributed by atoms with Gasteiger partial charge in [0.05, 0.1) is 5.92 Å². The zero-order valence-electron chi connectivity index (χ0n) is 11.3. The van der Waals surface area contributed by atoms with Crippen LogP contribution in [-0.4, -0.2) is 11.6 Å². The topological polar surface area (TPSA) is 34.1 Å². The Labute approximate surface area is 108 Å². The third-order valence-electron chi connectivity index (χ3n) is 3.93. The lowest BCUT2D eigenvalue weighted by molar-refractivity contribution is -0.132. The summed E-state index contributed by atoms with van der Waals surface area (Å²) in [6, 6.07) is 7.50. The van der Waals surface area contributed by atoms with E-state index in [-0.39, 0.29) is 17.0 Å². The predicted octanol–water partition coefficient (Wildman–Crippen LogP) is 3.57. The molecule has 0 spiro atoms. The molecule has 1 atom stereocenters. The molecule has 2 heteroatoms. The molecule has 0 saturated heterocycles. The zero-order chi connectivity index (χ0) is 13.3. The van der Waals surface area contributed by atoms with E-state index in [1.807, 2.05) is 45.0 Å². The van der Waals surface area contributed by atoms with Crippen LogP contribution in [0, 0.1) is 18.3 Å². The highest BCUT2D eigenvalue weighted by Crippen LogP contribution is 2.36. The quantitative estimate of drug-likeness (QED) is 0.588. The first kappa shape index (κ1) is 13.0. The van der Waals surface area contributed by atoms with Gasteiger partial charge in [0.25, 0.3) is 0 Å². The van der Waals surface area contributed by atoms with Crippen molar-refractivity contribution in [2.45, 2.75) is 40.0 Å².